The predicted octanol–water partition coefficient (Wildman–Crippen LogP) is 5.47. The van der Waals surface area contributed by atoms with Crippen LogP contribution in [0.25, 0.3) is 5.57 Å². The van der Waals surface area contributed by atoms with Crippen LogP contribution in [0.4, 0.5) is 0 Å². The van der Waals surface area contributed by atoms with E-state index in [1.54, 1.807) is 11.1 Å². The van der Waals surface area contributed by atoms with E-state index in [9.17, 15) is 0 Å². The van der Waals surface area contributed by atoms with E-state index in [-0.39, 0.29) is 0 Å². The van der Waals surface area contributed by atoms with Gasteiger partial charge in [0.15, 0.2) is 0 Å². The highest BCUT2D eigenvalue weighted by molar-refractivity contribution is 5.74. The van der Waals surface area contributed by atoms with Crippen molar-refractivity contribution in [3.8, 4) is 0 Å². The van der Waals surface area contributed by atoms with Gasteiger partial charge in [-0.1, -0.05) is 55.3 Å². The fraction of sp³-hybridized carbons (Fsp3) is 0.474. The highest BCUT2D eigenvalue weighted by Gasteiger charge is 2.50. The molecule has 0 nitrogen and oxygen atoms in total. The molecule has 2 aliphatic carbocycles. The Morgan fingerprint density at radius 1 is 1.26 bits per heavy atom. The molecule has 1 fully saturated rings. The first-order valence-corrected chi connectivity index (χ1v) is 7.56. The summed E-state index contributed by atoms with van der Waals surface area (Å²) >= 11 is 0. The Bertz CT molecular complexity index is 508. The maximum atomic E-state index is 3.99. The van der Waals surface area contributed by atoms with E-state index in [0.717, 1.165) is 18.3 Å². The van der Waals surface area contributed by atoms with Crippen LogP contribution in [0.15, 0.2) is 48.6 Å². The predicted molar refractivity (Wildman–Crippen MR) is 82.8 cm³/mol. The lowest BCUT2D eigenvalue weighted by Crippen LogP contribution is -2.24. The van der Waals surface area contributed by atoms with Gasteiger partial charge in [-0.3, -0.25) is 0 Å². The van der Waals surface area contributed by atoms with Crippen LogP contribution >= 0.6 is 0 Å². The second-order valence-corrected chi connectivity index (χ2v) is 6.46. The number of fused-ring (bicyclic) bond motifs is 1. The van der Waals surface area contributed by atoms with E-state index in [2.05, 4.69) is 56.8 Å². The Labute approximate surface area is 117 Å². The molecule has 1 unspecified atom stereocenters. The zero-order valence-electron chi connectivity index (χ0n) is 12.2. The van der Waals surface area contributed by atoms with Crippen molar-refractivity contribution in [2.75, 3.05) is 0 Å². The summed E-state index contributed by atoms with van der Waals surface area (Å²) in [7, 11) is 0. The third-order valence-electron chi connectivity index (χ3n) is 5.62. The van der Waals surface area contributed by atoms with Crippen LogP contribution in [0.2, 0.25) is 0 Å². The van der Waals surface area contributed by atoms with E-state index in [1.165, 1.54) is 24.8 Å². The molecule has 0 heterocycles. The number of benzene rings is 1. The molecule has 0 N–H and O–H groups in total. The molecular formula is C19H24. The standard InChI is InChI=1S/C19H24/c1-4-13-19(3)14(2)18(15-9-6-5-7-10-15)16-11-8-12-17(16)19/h4-7,9-10,16-17H,1,8,11-13H2,2-3H3/t16-,17+,19?/m0/s1. The van der Waals surface area contributed by atoms with Crippen molar-refractivity contribution >= 4 is 5.57 Å². The zero-order chi connectivity index (χ0) is 13.5. The number of hydrogen-bond donors (Lipinski definition) is 0. The Balaban J connectivity index is 2.11. The number of allylic oxidation sites excluding steroid dienone is 3. The van der Waals surface area contributed by atoms with E-state index in [0.29, 0.717) is 5.41 Å². The van der Waals surface area contributed by atoms with Crippen LogP contribution in [0.5, 0.6) is 0 Å². The quantitative estimate of drug-likeness (QED) is 0.625. The van der Waals surface area contributed by atoms with Crippen LogP contribution in [0.3, 0.4) is 0 Å². The van der Waals surface area contributed by atoms with Gasteiger partial charge in [0.2, 0.25) is 0 Å². The molecule has 1 saturated carbocycles. The highest BCUT2D eigenvalue weighted by atomic mass is 14.5. The maximum absolute atomic E-state index is 3.99. The van der Waals surface area contributed by atoms with Crippen molar-refractivity contribution in [1.82, 2.24) is 0 Å². The SMILES string of the molecule is C=CCC1(C)C(C)=C(c2ccccc2)[C@H]2CCC[C@H]21. The van der Waals surface area contributed by atoms with Gasteiger partial charge in [0.1, 0.15) is 0 Å². The van der Waals surface area contributed by atoms with Crippen molar-refractivity contribution in [2.45, 2.75) is 39.5 Å². The van der Waals surface area contributed by atoms with Crippen LogP contribution in [-0.4, -0.2) is 0 Å². The number of rotatable bonds is 3. The summed E-state index contributed by atoms with van der Waals surface area (Å²) in [4.78, 5) is 0. The van der Waals surface area contributed by atoms with Gasteiger partial charge < -0.3 is 0 Å². The minimum absolute atomic E-state index is 0.341. The van der Waals surface area contributed by atoms with Gasteiger partial charge in [-0.05, 0) is 54.6 Å². The first kappa shape index (κ1) is 12.7. The zero-order valence-corrected chi connectivity index (χ0v) is 12.2. The topological polar surface area (TPSA) is 0 Å². The molecule has 1 aromatic carbocycles. The third kappa shape index (κ3) is 1.81. The van der Waals surface area contributed by atoms with E-state index in [4.69, 9.17) is 0 Å². The summed E-state index contributed by atoms with van der Waals surface area (Å²) < 4.78 is 0. The molecule has 0 aromatic heterocycles. The van der Waals surface area contributed by atoms with Crippen molar-refractivity contribution in [3.63, 3.8) is 0 Å². The van der Waals surface area contributed by atoms with Crippen LogP contribution in [0, 0.1) is 17.3 Å². The Kier molecular flexibility index (Phi) is 3.12. The molecule has 0 saturated heterocycles. The van der Waals surface area contributed by atoms with Crippen molar-refractivity contribution in [1.29, 1.82) is 0 Å². The van der Waals surface area contributed by atoms with Crippen LogP contribution < -0.4 is 0 Å². The second kappa shape index (κ2) is 4.67. The lowest BCUT2D eigenvalue weighted by Gasteiger charge is -2.32. The molecule has 0 radical (unpaired) electrons. The lowest BCUT2D eigenvalue weighted by molar-refractivity contribution is 0.241. The minimum atomic E-state index is 0.341. The Hall–Kier alpha value is -1.30. The van der Waals surface area contributed by atoms with Gasteiger partial charge in [0.05, 0.1) is 0 Å². The third-order valence-corrected chi connectivity index (χ3v) is 5.62. The summed E-state index contributed by atoms with van der Waals surface area (Å²) in [5, 5.41) is 0. The monoisotopic (exact) mass is 252 g/mol. The summed E-state index contributed by atoms with van der Waals surface area (Å²) in [5.41, 5.74) is 5.05. The minimum Gasteiger partial charge on any atom is -0.103 e. The van der Waals surface area contributed by atoms with Gasteiger partial charge in [-0.25, -0.2) is 0 Å². The van der Waals surface area contributed by atoms with Gasteiger partial charge in [0, 0.05) is 0 Å². The molecule has 3 atom stereocenters. The fourth-order valence-electron chi connectivity index (χ4n) is 4.58. The normalized spacial score (nSPS) is 33.6. The molecule has 100 valence electrons. The lowest BCUT2D eigenvalue weighted by atomic mass is 9.72. The van der Waals surface area contributed by atoms with E-state index in [1.807, 2.05) is 0 Å². The summed E-state index contributed by atoms with van der Waals surface area (Å²) in [6.45, 7) is 8.82. The number of hydrogen-bond acceptors (Lipinski definition) is 0. The van der Waals surface area contributed by atoms with Crippen LogP contribution in [0.1, 0.15) is 45.1 Å². The van der Waals surface area contributed by atoms with Gasteiger partial charge in [-0.15, -0.1) is 6.58 Å². The maximum Gasteiger partial charge on any atom is -0.00446 e. The van der Waals surface area contributed by atoms with E-state index >= 15 is 0 Å². The Morgan fingerprint density at radius 2 is 2.00 bits per heavy atom. The molecule has 3 rings (SSSR count). The largest absolute Gasteiger partial charge is 0.103 e. The smallest absolute Gasteiger partial charge is 0.00446 e. The molecule has 19 heavy (non-hydrogen) atoms. The van der Waals surface area contributed by atoms with Crippen molar-refractivity contribution in [2.24, 2.45) is 17.3 Å². The van der Waals surface area contributed by atoms with E-state index < -0.39 is 0 Å². The first-order valence-electron chi connectivity index (χ1n) is 7.56. The van der Waals surface area contributed by atoms with Gasteiger partial charge in [0.25, 0.3) is 0 Å². The molecule has 0 bridgehead atoms. The van der Waals surface area contributed by atoms with Gasteiger partial charge >= 0.3 is 0 Å². The average molecular weight is 252 g/mol. The first-order chi connectivity index (χ1) is 9.18. The fourth-order valence-corrected chi connectivity index (χ4v) is 4.58. The molecule has 0 spiro atoms. The molecule has 1 aromatic rings. The molecule has 2 aliphatic rings. The average Bonchev–Trinajstić information content (AvgIpc) is 2.96. The van der Waals surface area contributed by atoms with Crippen molar-refractivity contribution < 1.29 is 0 Å². The molecule has 0 heteroatoms. The Morgan fingerprint density at radius 3 is 2.68 bits per heavy atom. The molecular weight excluding hydrogens is 228 g/mol. The summed E-state index contributed by atoms with van der Waals surface area (Å²) in [6, 6.07) is 11.0. The molecule has 0 amide bonds. The summed E-state index contributed by atoms with van der Waals surface area (Å²) in [6.07, 6.45) is 7.40. The van der Waals surface area contributed by atoms with Crippen molar-refractivity contribution in [3.05, 3.63) is 54.1 Å². The molecule has 0 aliphatic heterocycles. The second-order valence-electron chi connectivity index (χ2n) is 6.46. The van der Waals surface area contributed by atoms with Gasteiger partial charge in [-0.2, -0.15) is 0 Å². The highest BCUT2D eigenvalue weighted by Crippen LogP contribution is 2.61. The van der Waals surface area contributed by atoms with Crippen LogP contribution in [-0.2, 0) is 0 Å². The summed E-state index contributed by atoms with van der Waals surface area (Å²) in [5.74, 6) is 1.62.